The Hall–Kier alpha value is -1.77. The molecule has 1 aliphatic heterocycles. The molecule has 0 saturated carbocycles. The van der Waals surface area contributed by atoms with Gasteiger partial charge < -0.3 is 14.7 Å². The third kappa shape index (κ3) is 5.62. The molecule has 8 heteroatoms. The van der Waals surface area contributed by atoms with Crippen molar-refractivity contribution in [3.8, 4) is 10.7 Å². The lowest BCUT2D eigenvalue weighted by molar-refractivity contribution is -0.122. The highest BCUT2D eigenvalue weighted by atomic mass is 32.1. The summed E-state index contributed by atoms with van der Waals surface area (Å²) in [6.07, 6.45) is 2.79. The minimum atomic E-state index is 0.137. The van der Waals surface area contributed by atoms with E-state index in [4.69, 9.17) is 4.52 Å². The van der Waals surface area contributed by atoms with E-state index < -0.39 is 0 Å². The van der Waals surface area contributed by atoms with E-state index in [1.54, 1.807) is 11.3 Å². The third-order valence-electron chi connectivity index (χ3n) is 4.48. The van der Waals surface area contributed by atoms with E-state index in [-0.39, 0.29) is 5.91 Å². The van der Waals surface area contributed by atoms with Crippen LogP contribution in [-0.4, -0.2) is 71.7 Å². The Labute approximate surface area is 158 Å². The summed E-state index contributed by atoms with van der Waals surface area (Å²) >= 11 is 1.62. The summed E-state index contributed by atoms with van der Waals surface area (Å²) in [5.74, 6) is 1.53. The molecule has 0 aromatic carbocycles. The molecule has 1 N–H and O–H groups in total. The molecule has 0 atom stereocenters. The molecule has 142 valence electrons. The van der Waals surface area contributed by atoms with Gasteiger partial charge in [0.25, 0.3) is 0 Å². The van der Waals surface area contributed by atoms with E-state index >= 15 is 0 Å². The number of piperazine rings is 1. The second-order valence-corrected chi connectivity index (χ2v) is 7.51. The molecule has 0 radical (unpaired) electrons. The molecule has 1 saturated heterocycles. The quantitative estimate of drug-likeness (QED) is 0.719. The summed E-state index contributed by atoms with van der Waals surface area (Å²) in [5.41, 5.74) is 0. The Kier molecular flexibility index (Phi) is 7.16. The van der Waals surface area contributed by atoms with Crippen molar-refractivity contribution < 1.29 is 9.32 Å². The van der Waals surface area contributed by atoms with Gasteiger partial charge in [-0.05, 0) is 30.8 Å². The molecule has 0 unspecified atom stereocenters. The van der Waals surface area contributed by atoms with Crippen LogP contribution in [0.1, 0.15) is 25.7 Å². The minimum absolute atomic E-state index is 0.137. The zero-order valence-electron chi connectivity index (χ0n) is 15.3. The van der Waals surface area contributed by atoms with Gasteiger partial charge >= 0.3 is 0 Å². The summed E-state index contributed by atoms with van der Waals surface area (Å²) in [5, 5.41) is 9.00. The molecule has 2 aromatic heterocycles. The fraction of sp³-hybridized carbons (Fsp3) is 0.611. The predicted octanol–water partition coefficient (Wildman–Crippen LogP) is 1.87. The molecule has 0 aliphatic carbocycles. The molecule has 1 fully saturated rings. The maximum atomic E-state index is 11.8. The SMILES string of the molecule is CCCNC(=O)CN1CCN(CCCc2nc(-c3cccs3)no2)CC1. The lowest BCUT2D eigenvalue weighted by Crippen LogP contribution is -2.49. The van der Waals surface area contributed by atoms with Gasteiger partial charge in [0.1, 0.15) is 0 Å². The number of aryl methyl sites for hydroxylation is 1. The Morgan fingerprint density at radius 1 is 1.31 bits per heavy atom. The molecular weight excluding hydrogens is 350 g/mol. The highest BCUT2D eigenvalue weighted by Crippen LogP contribution is 2.21. The van der Waals surface area contributed by atoms with Crippen LogP contribution in [0.15, 0.2) is 22.0 Å². The lowest BCUT2D eigenvalue weighted by Gasteiger charge is -2.34. The summed E-state index contributed by atoms with van der Waals surface area (Å²) in [4.78, 5) is 22.0. The maximum Gasteiger partial charge on any atom is 0.234 e. The van der Waals surface area contributed by atoms with Crippen molar-refractivity contribution in [1.29, 1.82) is 0 Å². The number of aromatic nitrogens is 2. The van der Waals surface area contributed by atoms with Crippen LogP contribution in [0.4, 0.5) is 0 Å². The van der Waals surface area contributed by atoms with Gasteiger partial charge in [0.15, 0.2) is 0 Å². The smallest absolute Gasteiger partial charge is 0.234 e. The number of carbonyl (C=O) groups excluding carboxylic acids is 1. The standard InChI is InChI=1S/C18H27N5O2S/c1-2-7-19-16(24)14-23-11-9-22(10-12-23)8-3-6-17-20-18(21-25-17)15-5-4-13-26-15/h4-5,13H,2-3,6-12,14H2,1H3,(H,19,24). The van der Waals surface area contributed by atoms with Crippen LogP contribution in [0.2, 0.25) is 0 Å². The van der Waals surface area contributed by atoms with Crippen LogP contribution in [0.5, 0.6) is 0 Å². The first-order chi connectivity index (χ1) is 12.7. The molecular formula is C18H27N5O2S. The first-order valence-electron chi connectivity index (χ1n) is 9.32. The number of thiophene rings is 1. The van der Waals surface area contributed by atoms with Gasteiger partial charge in [-0.2, -0.15) is 4.98 Å². The van der Waals surface area contributed by atoms with Gasteiger partial charge in [0, 0.05) is 39.1 Å². The van der Waals surface area contributed by atoms with Crippen LogP contribution in [0, 0.1) is 0 Å². The fourth-order valence-corrected chi connectivity index (χ4v) is 3.66. The Morgan fingerprint density at radius 3 is 2.85 bits per heavy atom. The van der Waals surface area contributed by atoms with E-state index in [1.807, 2.05) is 17.5 Å². The van der Waals surface area contributed by atoms with Crippen molar-refractivity contribution in [1.82, 2.24) is 25.3 Å². The number of carbonyl (C=O) groups is 1. The number of hydrogen-bond acceptors (Lipinski definition) is 7. The molecule has 1 amide bonds. The van der Waals surface area contributed by atoms with Crippen LogP contribution in [-0.2, 0) is 11.2 Å². The normalized spacial score (nSPS) is 16.0. The maximum absolute atomic E-state index is 11.8. The summed E-state index contributed by atoms with van der Waals surface area (Å²) in [6.45, 7) is 8.27. The van der Waals surface area contributed by atoms with Gasteiger partial charge in [-0.1, -0.05) is 18.1 Å². The fourth-order valence-electron chi connectivity index (χ4n) is 3.01. The van der Waals surface area contributed by atoms with Crippen LogP contribution < -0.4 is 5.32 Å². The number of rotatable bonds is 9. The lowest BCUT2D eigenvalue weighted by atomic mass is 10.2. The van der Waals surface area contributed by atoms with Gasteiger partial charge in [0.2, 0.25) is 17.6 Å². The van der Waals surface area contributed by atoms with Gasteiger partial charge in [-0.15, -0.1) is 11.3 Å². The second-order valence-electron chi connectivity index (χ2n) is 6.56. The van der Waals surface area contributed by atoms with Crippen LogP contribution in [0.25, 0.3) is 10.7 Å². The Balaban J connectivity index is 1.32. The van der Waals surface area contributed by atoms with Crippen molar-refractivity contribution in [2.45, 2.75) is 26.2 Å². The average molecular weight is 378 g/mol. The number of nitrogens with one attached hydrogen (secondary N) is 1. The topological polar surface area (TPSA) is 74.5 Å². The Bertz CT molecular complexity index is 665. The van der Waals surface area contributed by atoms with E-state index in [0.717, 1.165) is 63.4 Å². The van der Waals surface area contributed by atoms with Crippen molar-refractivity contribution in [2.75, 3.05) is 45.8 Å². The monoisotopic (exact) mass is 377 g/mol. The molecule has 3 heterocycles. The number of amides is 1. The molecule has 26 heavy (non-hydrogen) atoms. The van der Waals surface area contributed by atoms with Crippen molar-refractivity contribution >= 4 is 17.2 Å². The average Bonchev–Trinajstić information content (AvgIpc) is 3.33. The summed E-state index contributed by atoms with van der Waals surface area (Å²) < 4.78 is 5.35. The highest BCUT2D eigenvalue weighted by molar-refractivity contribution is 7.13. The van der Waals surface area contributed by atoms with E-state index in [1.165, 1.54) is 0 Å². The molecule has 7 nitrogen and oxygen atoms in total. The first kappa shape index (κ1) is 19.0. The van der Waals surface area contributed by atoms with E-state index in [0.29, 0.717) is 18.3 Å². The molecule has 0 spiro atoms. The first-order valence-corrected chi connectivity index (χ1v) is 10.2. The number of nitrogens with zero attached hydrogens (tertiary/aromatic N) is 4. The predicted molar refractivity (Wildman–Crippen MR) is 102 cm³/mol. The van der Waals surface area contributed by atoms with Crippen LogP contribution >= 0.6 is 11.3 Å². The molecule has 0 bridgehead atoms. The molecule has 1 aliphatic rings. The molecule has 3 rings (SSSR count). The van der Waals surface area contributed by atoms with E-state index in [9.17, 15) is 4.79 Å². The van der Waals surface area contributed by atoms with Crippen molar-refractivity contribution in [3.05, 3.63) is 23.4 Å². The van der Waals surface area contributed by atoms with Crippen LogP contribution in [0.3, 0.4) is 0 Å². The van der Waals surface area contributed by atoms with Gasteiger partial charge in [-0.3, -0.25) is 9.69 Å². The largest absolute Gasteiger partial charge is 0.355 e. The molecule has 2 aromatic rings. The minimum Gasteiger partial charge on any atom is -0.355 e. The highest BCUT2D eigenvalue weighted by Gasteiger charge is 2.18. The zero-order chi connectivity index (χ0) is 18.2. The zero-order valence-corrected chi connectivity index (χ0v) is 16.1. The second kappa shape index (κ2) is 9.80. The number of hydrogen-bond donors (Lipinski definition) is 1. The summed E-state index contributed by atoms with van der Waals surface area (Å²) in [6, 6.07) is 3.99. The van der Waals surface area contributed by atoms with Crippen molar-refractivity contribution in [3.63, 3.8) is 0 Å². The van der Waals surface area contributed by atoms with Crippen molar-refractivity contribution in [2.24, 2.45) is 0 Å². The van der Waals surface area contributed by atoms with E-state index in [2.05, 4.69) is 32.2 Å². The summed E-state index contributed by atoms with van der Waals surface area (Å²) in [7, 11) is 0. The van der Waals surface area contributed by atoms with Gasteiger partial charge in [-0.25, -0.2) is 0 Å². The third-order valence-corrected chi connectivity index (χ3v) is 5.34. The Morgan fingerprint density at radius 2 is 2.12 bits per heavy atom. The van der Waals surface area contributed by atoms with Gasteiger partial charge in [0.05, 0.1) is 11.4 Å².